The average molecular weight is 408 g/mol. The standard InChI is InChI=1S/C22H20N2O4S/c1-2-13-27-18-11-7-17(8-12-18)22(26)28-19-9-5-16(6-10-19)15-23-24-21(25)20-4-3-14-29-20/h3-12,14-15H,2,13H2,1H3,(H,24,25). The quantitative estimate of drug-likeness (QED) is 0.257. The second kappa shape index (κ2) is 10.2. The fourth-order valence-corrected chi connectivity index (χ4v) is 2.94. The molecule has 0 radical (unpaired) electrons. The van der Waals surface area contributed by atoms with E-state index >= 15 is 0 Å². The summed E-state index contributed by atoms with van der Waals surface area (Å²) in [6, 6.07) is 17.2. The summed E-state index contributed by atoms with van der Waals surface area (Å²) < 4.78 is 10.9. The molecule has 3 rings (SSSR count). The molecule has 1 amide bonds. The molecular weight excluding hydrogens is 388 g/mol. The van der Waals surface area contributed by atoms with Crippen molar-refractivity contribution in [2.24, 2.45) is 5.10 Å². The summed E-state index contributed by atoms with van der Waals surface area (Å²) in [5.41, 5.74) is 3.66. The molecule has 6 nitrogen and oxygen atoms in total. The molecule has 0 aliphatic rings. The predicted molar refractivity (Wildman–Crippen MR) is 113 cm³/mol. The highest BCUT2D eigenvalue weighted by atomic mass is 32.1. The number of carbonyl (C=O) groups excluding carboxylic acids is 2. The maximum atomic E-state index is 12.2. The Labute approximate surface area is 172 Å². The number of hydrogen-bond acceptors (Lipinski definition) is 6. The van der Waals surface area contributed by atoms with Crippen molar-refractivity contribution in [1.82, 2.24) is 5.43 Å². The Hall–Kier alpha value is -3.45. The lowest BCUT2D eigenvalue weighted by atomic mass is 10.2. The second-order valence-electron chi connectivity index (χ2n) is 6.01. The summed E-state index contributed by atoms with van der Waals surface area (Å²) in [5, 5.41) is 5.75. The second-order valence-corrected chi connectivity index (χ2v) is 6.96. The normalized spacial score (nSPS) is 10.7. The molecule has 0 spiro atoms. The molecular formula is C22H20N2O4S. The summed E-state index contributed by atoms with van der Waals surface area (Å²) in [4.78, 5) is 24.6. The number of ether oxygens (including phenoxy) is 2. The molecule has 1 aromatic heterocycles. The number of nitrogens with zero attached hydrogens (tertiary/aromatic N) is 1. The van der Waals surface area contributed by atoms with Gasteiger partial charge in [-0.3, -0.25) is 4.79 Å². The molecule has 0 saturated carbocycles. The minimum Gasteiger partial charge on any atom is -0.494 e. The molecule has 1 heterocycles. The maximum absolute atomic E-state index is 12.2. The first-order valence-electron chi connectivity index (χ1n) is 9.07. The van der Waals surface area contributed by atoms with Gasteiger partial charge in [0, 0.05) is 0 Å². The summed E-state index contributed by atoms with van der Waals surface area (Å²) in [6.45, 7) is 2.67. The zero-order chi connectivity index (χ0) is 20.5. The van der Waals surface area contributed by atoms with Crippen molar-refractivity contribution < 1.29 is 19.1 Å². The van der Waals surface area contributed by atoms with Crippen LogP contribution in [0.5, 0.6) is 11.5 Å². The lowest BCUT2D eigenvalue weighted by molar-refractivity contribution is 0.0734. The van der Waals surface area contributed by atoms with E-state index in [9.17, 15) is 9.59 Å². The fourth-order valence-electron chi connectivity index (χ4n) is 2.32. The third kappa shape index (κ3) is 6.02. The Morgan fingerprint density at radius 2 is 1.76 bits per heavy atom. The Morgan fingerprint density at radius 3 is 2.41 bits per heavy atom. The molecule has 148 valence electrons. The van der Waals surface area contributed by atoms with Gasteiger partial charge in [-0.1, -0.05) is 13.0 Å². The zero-order valence-electron chi connectivity index (χ0n) is 15.8. The predicted octanol–water partition coefficient (Wildman–Crippen LogP) is 4.52. The van der Waals surface area contributed by atoms with Crippen LogP contribution >= 0.6 is 11.3 Å². The van der Waals surface area contributed by atoms with Crippen molar-refractivity contribution in [3.8, 4) is 11.5 Å². The number of rotatable bonds is 8. The number of nitrogens with one attached hydrogen (secondary N) is 1. The molecule has 0 atom stereocenters. The van der Waals surface area contributed by atoms with Crippen LogP contribution in [0.4, 0.5) is 0 Å². The van der Waals surface area contributed by atoms with Crippen LogP contribution in [0.15, 0.2) is 71.1 Å². The minimum atomic E-state index is -0.448. The topological polar surface area (TPSA) is 77.0 Å². The highest BCUT2D eigenvalue weighted by Gasteiger charge is 2.09. The molecule has 0 saturated heterocycles. The molecule has 0 fully saturated rings. The van der Waals surface area contributed by atoms with E-state index in [2.05, 4.69) is 10.5 Å². The van der Waals surface area contributed by atoms with E-state index in [1.54, 1.807) is 60.7 Å². The third-order valence-corrected chi connectivity index (χ3v) is 4.65. The van der Waals surface area contributed by atoms with Crippen LogP contribution in [-0.4, -0.2) is 24.7 Å². The van der Waals surface area contributed by atoms with Crippen LogP contribution in [0.25, 0.3) is 0 Å². The van der Waals surface area contributed by atoms with Gasteiger partial charge in [-0.25, -0.2) is 10.2 Å². The van der Waals surface area contributed by atoms with Crippen LogP contribution in [0.3, 0.4) is 0 Å². The third-order valence-electron chi connectivity index (χ3n) is 3.78. The van der Waals surface area contributed by atoms with Crippen molar-refractivity contribution in [3.05, 3.63) is 82.0 Å². The van der Waals surface area contributed by atoms with E-state index in [1.807, 2.05) is 12.3 Å². The van der Waals surface area contributed by atoms with Gasteiger partial charge in [0.05, 0.1) is 23.3 Å². The van der Waals surface area contributed by atoms with Gasteiger partial charge < -0.3 is 9.47 Å². The van der Waals surface area contributed by atoms with Crippen LogP contribution in [0.1, 0.15) is 38.9 Å². The SMILES string of the molecule is CCCOc1ccc(C(=O)Oc2ccc(C=NNC(=O)c3cccs3)cc2)cc1. The van der Waals surface area contributed by atoms with Crippen LogP contribution < -0.4 is 14.9 Å². The largest absolute Gasteiger partial charge is 0.494 e. The number of hydrazone groups is 1. The van der Waals surface area contributed by atoms with Gasteiger partial charge in [0.15, 0.2) is 0 Å². The van der Waals surface area contributed by atoms with Crippen molar-refractivity contribution >= 4 is 29.4 Å². The highest BCUT2D eigenvalue weighted by Crippen LogP contribution is 2.16. The van der Waals surface area contributed by atoms with Crippen LogP contribution in [0.2, 0.25) is 0 Å². The van der Waals surface area contributed by atoms with Crippen molar-refractivity contribution in [3.63, 3.8) is 0 Å². The van der Waals surface area contributed by atoms with Gasteiger partial charge in [0.1, 0.15) is 11.5 Å². The number of carbonyl (C=O) groups is 2. The van der Waals surface area contributed by atoms with E-state index in [-0.39, 0.29) is 5.91 Å². The Balaban J connectivity index is 1.52. The van der Waals surface area contributed by atoms with Crippen LogP contribution in [-0.2, 0) is 0 Å². The van der Waals surface area contributed by atoms with Crippen molar-refractivity contribution in [2.75, 3.05) is 6.61 Å². The van der Waals surface area contributed by atoms with Gasteiger partial charge in [-0.15, -0.1) is 11.3 Å². The first-order chi connectivity index (χ1) is 14.2. The smallest absolute Gasteiger partial charge is 0.343 e. The summed E-state index contributed by atoms with van der Waals surface area (Å²) in [6.07, 6.45) is 2.44. The number of amides is 1. The summed E-state index contributed by atoms with van der Waals surface area (Å²) >= 11 is 1.35. The first kappa shape index (κ1) is 20.3. The lowest BCUT2D eigenvalue weighted by Gasteiger charge is -2.07. The number of thiophene rings is 1. The first-order valence-corrected chi connectivity index (χ1v) is 9.95. The van der Waals surface area contributed by atoms with Gasteiger partial charge in [-0.05, 0) is 72.0 Å². The molecule has 7 heteroatoms. The molecule has 1 N–H and O–H groups in total. The van der Waals surface area contributed by atoms with E-state index in [4.69, 9.17) is 9.47 Å². The highest BCUT2D eigenvalue weighted by molar-refractivity contribution is 7.12. The fraction of sp³-hybridized carbons (Fsp3) is 0.136. The molecule has 3 aromatic rings. The number of esters is 1. The minimum absolute atomic E-state index is 0.257. The monoisotopic (exact) mass is 408 g/mol. The molecule has 0 bridgehead atoms. The molecule has 2 aromatic carbocycles. The molecule has 0 unspecified atom stereocenters. The Kier molecular flexibility index (Phi) is 7.13. The summed E-state index contributed by atoms with van der Waals surface area (Å²) in [5.74, 6) is 0.434. The zero-order valence-corrected chi connectivity index (χ0v) is 16.6. The Morgan fingerprint density at radius 1 is 1.03 bits per heavy atom. The van der Waals surface area contributed by atoms with Gasteiger partial charge in [0.2, 0.25) is 0 Å². The lowest BCUT2D eigenvalue weighted by Crippen LogP contribution is -2.16. The average Bonchev–Trinajstić information content (AvgIpc) is 3.29. The van der Waals surface area contributed by atoms with Gasteiger partial charge in [-0.2, -0.15) is 5.10 Å². The van der Waals surface area contributed by atoms with E-state index < -0.39 is 5.97 Å². The van der Waals surface area contributed by atoms with Crippen molar-refractivity contribution in [1.29, 1.82) is 0 Å². The van der Waals surface area contributed by atoms with E-state index in [0.29, 0.717) is 22.8 Å². The number of hydrogen-bond donors (Lipinski definition) is 1. The van der Waals surface area contributed by atoms with Crippen molar-refractivity contribution in [2.45, 2.75) is 13.3 Å². The molecule has 29 heavy (non-hydrogen) atoms. The maximum Gasteiger partial charge on any atom is 0.343 e. The Bertz CT molecular complexity index is 965. The van der Waals surface area contributed by atoms with Crippen LogP contribution in [0, 0.1) is 0 Å². The van der Waals surface area contributed by atoms with E-state index in [0.717, 1.165) is 17.7 Å². The molecule has 0 aliphatic carbocycles. The van der Waals surface area contributed by atoms with E-state index in [1.165, 1.54) is 17.6 Å². The molecule has 0 aliphatic heterocycles. The summed E-state index contributed by atoms with van der Waals surface area (Å²) in [7, 11) is 0. The van der Waals surface area contributed by atoms with Gasteiger partial charge in [0.25, 0.3) is 5.91 Å². The number of benzene rings is 2. The van der Waals surface area contributed by atoms with Gasteiger partial charge >= 0.3 is 5.97 Å².